The smallest absolute Gasteiger partial charge is 0.352 e. The highest BCUT2D eigenvalue weighted by molar-refractivity contribution is 8.01. The number of carboxylic acid groups (broad SMARTS) is 4. The molecule has 4 saturated heterocycles. The number of amides is 15. The number of imide groups is 4. The molecule has 8 atom stereocenters. The van der Waals surface area contributed by atoms with Gasteiger partial charge in [-0.15, -0.1) is 58.7 Å². The normalized spacial score (nSPS) is 16.5. The zero-order chi connectivity index (χ0) is 90.9. The Balaban J connectivity index is -0.00000134. The van der Waals surface area contributed by atoms with E-state index >= 15 is 0 Å². The third-order valence-electron chi connectivity index (χ3n) is 14.6. The maximum Gasteiger partial charge on any atom is 0.352 e. The van der Waals surface area contributed by atoms with Crippen LogP contribution in [0.3, 0.4) is 0 Å². The molecule has 4 rings (SSSR count). The van der Waals surface area contributed by atoms with Crippen LogP contribution in [0.25, 0.3) is 0 Å². The highest BCUT2D eigenvalue weighted by Gasteiger charge is 2.43. The van der Waals surface area contributed by atoms with Crippen molar-refractivity contribution in [2.75, 3.05) is 62.3 Å². The lowest BCUT2D eigenvalue weighted by molar-refractivity contribution is -0.196. The summed E-state index contributed by atoms with van der Waals surface area (Å²) in [6, 6.07) is -4.24. The van der Waals surface area contributed by atoms with Gasteiger partial charge in [0.2, 0.25) is 41.4 Å². The first kappa shape index (κ1) is 111. The van der Waals surface area contributed by atoms with Crippen LogP contribution in [0.5, 0.6) is 0 Å². The Hall–Kier alpha value is -11.0. The number of aliphatic imine (C=N–C) groups is 3. The van der Waals surface area contributed by atoms with Crippen molar-refractivity contribution in [2.24, 2.45) is 49.4 Å². The summed E-state index contributed by atoms with van der Waals surface area (Å²) in [6.07, 6.45) is 4.73. The van der Waals surface area contributed by atoms with E-state index in [0.717, 1.165) is 17.3 Å². The van der Waals surface area contributed by atoms with Crippen molar-refractivity contribution in [3.8, 4) is 0 Å². The van der Waals surface area contributed by atoms with Gasteiger partial charge in [0.25, 0.3) is 47.3 Å². The lowest BCUT2D eigenvalue weighted by Gasteiger charge is -2.18. The van der Waals surface area contributed by atoms with Gasteiger partial charge >= 0.3 is 29.8 Å². The molecule has 0 aromatic rings. The number of aliphatic carboxylic acids is 4. The van der Waals surface area contributed by atoms with Gasteiger partial charge in [-0.3, -0.25) is 112 Å². The Morgan fingerprint density at radius 3 is 1.06 bits per heavy atom. The van der Waals surface area contributed by atoms with E-state index in [9.17, 15) is 95.9 Å². The molecule has 26 N–H and O–H groups in total. The van der Waals surface area contributed by atoms with Crippen LogP contribution in [-0.4, -0.2) is 300 Å². The summed E-state index contributed by atoms with van der Waals surface area (Å²) in [5, 5.41) is 77.0. The van der Waals surface area contributed by atoms with Crippen LogP contribution in [0.15, 0.2) is 27.6 Å². The Morgan fingerprint density at radius 2 is 0.763 bits per heavy atom. The van der Waals surface area contributed by atoms with Gasteiger partial charge in [0, 0.05) is 45.3 Å². The van der Waals surface area contributed by atoms with E-state index in [4.69, 9.17) is 75.3 Å². The standard InChI is InChI=1S/C15H26N6O7.C13H18N2O5S.C11H21N5O4.C9H18N4O3.3C6H9NO3S/c1-2-10(22)20-8(4-3-5-18-15(16)17)13(26)19-7-11(23)21-9(14(27)28)6-12(24)25;1-3-5-6-10(16)14-8-12(18)20-15-11(17)7-9(13(15)19)21-4-2;1-2-8(17)16-7(4-3-5-14-11(12)13)10(20)15-6-9(18)19;1-2-7(14)13-6(8(15)16)4-3-5-12-9(10)11;3*1-2-11-4-3-5(8)7(10)6(4)9/h8-9H,2-7H2,1H3,(H,19,26)(H,20,22)(H,21,23)(H,24,25)(H,27,28)(H4,16,17,18);3,9H,1,4-8H2,2H3,(H,14,16);7H,2-6H2,1H3,(H,15,20)(H,16,17)(H,18,19)(H4,12,13,14);6H,2-5H2,1H3,(H,13,14)(H,15,16)(H4,10,11,12);3*4,10H,2-3H2,1H3. The van der Waals surface area contributed by atoms with Gasteiger partial charge < -0.3 is 96.9 Å². The molecule has 0 saturated carbocycles. The van der Waals surface area contributed by atoms with E-state index in [1.54, 1.807) is 26.8 Å². The summed E-state index contributed by atoms with van der Waals surface area (Å²) in [5.74, 6) is -10.5. The number of hydroxylamine groups is 8. The van der Waals surface area contributed by atoms with Crippen molar-refractivity contribution >= 4 is 183 Å². The van der Waals surface area contributed by atoms with Gasteiger partial charge in [-0.1, -0.05) is 54.5 Å². The Labute approximate surface area is 695 Å². The van der Waals surface area contributed by atoms with Crippen molar-refractivity contribution in [2.45, 2.75) is 196 Å². The fraction of sp³-hybridized carbons (Fsp3) is 0.621. The number of hydrogen-bond donors (Lipinski definition) is 20. The average molecular weight is 1760 g/mol. The van der Waals surface area contributed by atoms with Gasteiger partial charge in [-0.25, -0.2) is 14.4 Å². The summed E-state index contributed by atoms with van der Waals surface area (Å²) in [7, 11) is 0. The molecule has 118 heavy (non-hydrogen) atoms. The zero-order valence-electron chi connectivity index (χ0n) is 66.2. The Morgan fingerprint density at radius 1 is 0.441 bits per heavy atom. The molecular weight excluding hydrogens is 1650 g/mol. The van der Waals surface area contributed by atoms with E-state index in [-0.39, 0.29) is 137 Å². The fourth-order valence-electron chi connectivity index (χ4n) is 8.80. The molecule has 15 amide bonds. The number of hydrogen-bond acceptors (Lipinski definition) is 31. The van der Waals surface area contributed by atoms with Gasteiger partial charge in [0.1, 0.15) is 37.3 Å². The zero-order valence-corrected chi connectivity index (χ0v) is 69.5. The monoisotopic (exact) mass is 1760 g/mol. The van der Waals surface area contributed by atoms with Crippen LogP contribution in [0.4, 0.5) is 0 Å². The first-order valence-corrected chi connectivity index (χ1v) is 40.4. The van der Waals surface area contributed by atoms with Gasteiger partial charge in [-0.2, -0.15) is 15.2 Å². The summed E-state index contributed by atoms with van der Waals surface area (Å²) in [4.78, 5) is 240. The average Bonchev–Trinajstić information content (AvgIpc) is 1.70. The molecule has 4 aliphatic rings. The van der Waals surface area contributed by atoms with Crippen LogP contribution in [0.1, 0.15) is 151 Å². The number of nitrogens with two attached hydrogens (primary N) is 6. The van der Waals surface area contributed by atoms with Crippen molar-refractivity contribution in [1.29, 1.82) is 0 Å². The SMILES string of the molecule is C=CCCC(=O)NCC(=O)ON1C(=O)CC(SCC)C1=O.CCC(=O)NC(CCCN=C(N)N)C(=O)NCC(=O)NC(CC(=O)O)C(=O)O.CCC(=O)NC(CCCN=C(N)N)C(=O)NCC(=O)O.CCC(=O)NC(CCCN=C(N)N)C(=O)O.CCSC1CC(=O)N(O)C1=O.CCSC1CC(=O)N(O)C1=O.CCSC1CC(=O)N(O)C1=O. The molecule has 0 aromatic heterocycles. The Bertz CT molecular complexity index is 3410. The van der Waals surface area contributed by atoms with Crippen molar-refractivity contribution < 1.29 is 137 Å². The predicted octanol–water partition coefficient (Wildman–Crippen LogP) is -4.57. The molecule has 4 fully saturated rings. The Kier molecular flexibility index (Phi) is 59.6. The van der Waals surface area contributed by atoms with Gasteiger partial charge in [0.15, 0.2) is 17.9 Å². The minimum atomic E-state index is -1.63. The molecule has 0 radical (unpaired) electrons. The molecule has 4 aliphatic heterocycles. The third kappa shape index (κ3) is 49.8. The molecule has 666 valence electrons. The highest BCUT2D eigenvalue weighted by atomic mass is 32.2. The fourth-order valence-corrected chi connectivity index (χ4v) is 12.4. The van der Waals surface area contributed by atoms with Crippen molar-refractivity contribution in [3.05, 3.63) is 12.7 Å². The maximum atomic E-state index is 12.2. The number of nitrogens with one attached hydrogen (secondary N) is 7. The molecule has 48 nitrogen and oxygen atoms in total. The molecule has 52 heteroatoms. The lowest BCUT2D eigenvalue weighted by Crippen LogP contribution is -2.51. The second kappa shape index (κ2) is 63.2. The quantitative estimate of drug-likeness (QED) is 0.00682. The first-order valence-electron chi connectivity index (χ1n) is 36.3. The van der Waals surface area contributed by atoms with E-state index in [1.165, 1.54) is 47.0 Å². The molecule has 0 spiro atoms. The number of carbonyl (C=O) groups is 20. The second-order valence-electron chi connectivity index (χ2n) is 23.8. The van der Waals surface area contributed by atoms with Crippen LogP contribution in [-0.2, 0) is 101 Å². The van der Waals surface area contributed by atoms with Crippen LogP contribution >= 0.6 is 47.0 Å². The summed E-state index contributed by atoms with van der Waals surface area (Å²) in [5.41, 5.74) is 31.0. The maximum absolute atomic E-state index is 12.2. The number of guanidine groups is 3. The summed E-state index contributed by atoms with van der Waals surface area (Å²) in [6.45, 7) is 15.4. The van der Waals surface area contributed by atoms with E-state index in [0.29, 0.717) is 62.4 Å². The number of carboxylic acids is 4. The predicted molar refractivity (Wildman–Crippen MR) is 427 cm³/mol. The first-order chi connectivity index (χ1) is 55.4. The molecular formula is C66H110N20O28S4. The molecule has 0 bridgehead atoms. The van der Waals surface area contributed by atoms with Crippen LogP contribution < -0.4 is 71.6 Å². The highest BCUT2D eigenvalue weighted by Crippen LogP contribution is 2.27. The largest absolute Gasteiger partial charge is 0.481 e. The van der Waals surface area contributed by atoms with E-state index in [1.807, 2.05) is 33.0 Å². The molecule has 4 heterocycles. The van der Waals surface area contributed by atoms with Gasteiger partial charge in [-0.05, 0) is 68.0 Å². The van der Waals surface area contributed by atoms with Gasteiger partial charge in [0.05, 0.1) is 59.6 Å². The number of rotatable bonds is 43. The van der Waals surface area contributed by atoms with Crippen LogP contribution in [0.2, 0.25) is 0 Å². The summed E-state index contributed by atoms with van der Waals surface area (Å²) < 4.78 is 0. The van der Waals surface area contributed by atoms with Crippen molar-refractivity contribution in [3.63, 3.8) is 0 Å². The number of nitrogens with zero attached hydrogens (tertiary/aromatic N) is 7. The topological polar surface area (TPSA) is 783 Å². The number of thioether (sulfide) groups is 4. The molecule has 8 unspecified atom stereocenters. The number of carbonyl (C=O) groups excluding carboxylic acids is 16. The minimum absolute atomic E-state index is 0.0236. The molecule has 0 aliphatic carbocycles. The minimum Gasteiger partial charge on any atom is -0.481 e. The van der Waals surface area contributed by atoms with Crippen molar-refractivity contribution in [1.82, 2.24) is 57.5 Å². The second-order valence-corrected chi connectivity index (χ2v) is 29.7. The third-order valence-corrected chi connectivity index (χ3v) is 19.0. The lowest BCUT2D eigenvalue weighted by atomic mass is 10.1. The number of allylic oxidation sites excluding steroid dienone is 1. The van der Waals surface area contributed by atoms with E-state index < -0.39 is 150 Å². The molecule has 0 aromatic carbocycles. The summed E-state index contributed by atoms with van der Waals surface area (Å²) >= 11 is 5.47. The van der Waals surface area contributed by atoms with E-state index in [2.05, 4.69) is 53.5 Å². The van der Waals surface area contributed by atoms with Crippen LogP contribution in [0, 0.1) is 0 Å².